The quantitative estimate of drug-likeness (QED) is 0.679. The van der Waals surface area contributed by atoms with Crippen LogP contribution in [0.4, 0.5) is 22.7 Å². The smallest absolute Gasteiger partial charge is 0.284 e. The summed E-state index contributed by atoms with van der Waals surface area (Å²) < 4.78 is 0. The molecule has 0 bridgehead atoms. The van der Waals surface area contributed by atoms with Crippen LogP contribution in [0.25, 0.3) is 16.1 Å². The number of hydrogen-bond donors (Lipinski definition) is 1. The average Bonchev–Trinajstić information content (AvgIpc) is 2.44. The van der Waals surface area contributed by atoms with E-state index in [-0.39, 0.29) is 16.8 Å². The summed E-state index contributed by atoms with van der Waals surface area (Å²) in [7, 11) is 3.16. The van der Waals surface area contributed by atoms with Crippen LogP contribution in [0.5, 0.6) is 0 Å². The largest absolute Gasteiger partial charge is 0.686 e. The molecule has 0 heterocycles. The molecule has 8 nitrogen and oxygen atoms in total. The van der Waals surface area contributed by atoms with Crippen LogP contribution in [0.1, 0.15) is 0 Å². The zero-order chi connectivity index (χ0) is 14.9. The van der Waals surface area contributed by atoms with Crippen LogP contribution < -0.4 is 5.32 Å². The Morgan fingerprint density at radius 3 is 2.00 bits per heavy atom. The third kappa shape index (κ3) is 1.96. The first-order valence-electron chi connectivity index (χ1n) is 5.67. The minimum atomic E-state index is -0.631. The molecule has 2 aromatic rings. The van der Waals surface area contributed by atoms with Gasteiger partial charge in [0.15, 0.2) is 0 Å². The van der Waals surface area contributed by atoms with E-state index in [0.29, 0.717) is 16.8 Å². The summed E-state index contributed by atoms with van der Waals surface area (Å²) in [4.78, 5) is 21.0. The zero-order valence-corrected chi connectivity index (χ0v) is 10.8. The molecule has 2 rings (SSSR count). The molecule has 0 saturated carbocycles. The van der Waals surface area contributed by atoms with Crippen LogP contribution in [-0.2, 0) is 0 Å². The summed E-state index contributed by atoms with van der Waals surface area (Å²) >= 11 is 0. The summed E-state index contributed by atoms with van der Waals surface area (Å²) in [5.41, 5.74) is 0.390. The highest BCUT2D eigenvalue weighted by Gasteiger charge is 2.23. The summed E-state index contributed by atoms with van der Waals surface area (Å²) in [6.07, 6.45) is 0. The molecule has 8 heteroatoms. The van der Waals surface area contributed by atoms with Crippen molar-refractivity contribution in [1.82, 2.24) is 0 Å². The van der Waals surface area contributed by atoms with Crippen molar-refractivity contribution in [2.75, 3.05) is 19.4 Å². The van der Waals surface area contributed by atoms with E-state index in [2.05, 4.69) is 10.6 Å². The van der Waals surface area contributed by atoms with Crippen LogP contribution in [-0.4, -0.2) is 23.9 Å². The molecule has 0 unspecified atom stereocenters. The molecule has 0 atom stereocenters. The average molecular weight is 275 g/mol. The summed E-state index contributed by atoms with van der Waals surface area (Å²) in [6.45, 7) is 0. The van der Waals surface area contributed by atoms with Gasteiger partial charge in [-0.15, -0.1) is 12.7 Å². The lowest BCUT2D eigenvalue weighted by Crippen LogP contribution is -1.98. The second kappa shape index (κ2) is 5.00. The van der Waals surface area contributed by atoms with Gasteiger partial charge in [-0.25, -0.2) is 0 Å². The maximum atomic E-state index is 11.1. The van der Waals surface area contributed by atoms with E-state index in [0.717, 1.165) is 0 Å². The summed E-state index contributed by atoms with van der Waals surface area (Å²) in [5.74, 6) is 0. The molecule has 0 aliphatic heterocycles. The Balaban J connectivity index is 3.05. The Kier molecular flexibility index (Phi) is 3.38. The van der Waals surface area contributed by atoms with Crippen molar-refractivity contribution < 1.29 is 9.85 Å². The third-order valence-electron chi connectivity index (χ3n) is 3.00. The molecule has 20 heavy (non-hydrogen) atoms. The van der Waals surface area contributed by atoms with Gasteiger partial charge in [0.05, 0.1) is 9.85 Å². The van der Waals surface area contributed by atoms with E-state index < -0.39 is 9.85 Å². The number of rotatable bonds is 4. The molecule has 0 spiro atoms. The van der Waals surface area contributed by atoms with Gasteiger partial charge in [-0.1, -0.05) is 6.07 Å². The van der Waals surface area contributed by atoms with Crippen LogP contribution in [0.15, 0.2) is 24.3 Å². The zero-order valence-electron chi connectivity index (χ0n) is 10.8. The van der Waals surface area contributed by atoms with Crippen LogP contribution in [0.2, 0.25) is 0 Å². The predicted octanol–water partition coefficient (Wildman–Crippen LogP) is 3.33. The van der Waals surface area contributed by atoms with Gasteiger partial charge in [-0.2, -0.15) is 0 Å². The molecule has 0 amide bonds. The summed E-state index contributed by atoms with van der Waals surface area (Å²) in [6, 6.07) is 5.47. The molecule has 0 fully saturated rings. The number of non-ortho nitro benzene ring substituents is 2. The topological polar surface area (TPSA) is 112 Å². The molecule has 104 valence electrons. The van der Waals surface area contributed by atoms with Gasteiger partial charge in [0.2, 0.25) is 0 Å². The highest BCUT2D eigenvalue weighted by atomic mass is 16.6. The molecule has 0 aliphatic rings. The number of nitrogens with one attached hydrogen (secondary N) is 1. The maximum absolute atomic E-state index is 11.1. The van der Waals surface area contributed by atoms with Crippen LogP contribution >= 0.6 is 0 Å². The molecule has 0 saturated heterocycles. The number of nitro groups is 2. The van der Waals surface area contributed by atoms with Gasteiger partial charge in [-0.05, 0) is 6.07 Å². The van der Waals surface area contributed by atoms with Crippen LogP contribution in [0, 0.1) is 20.2 Å². The van der Waals surface area contributed by atoms with E-state index in [9.17, 15) is 20.2 Å². The van der Waals surface area contributed by atoms with Gasteiger partial charge < -0.3 is 10.6 Å². The molecule has 0 radical (unpaired) electrons. The first-order valence-corrected chi connectivity index (χ1v) is 5.67. The number of nitrogens with zero attached hydrogens (tertiary/aromatic N) is 3. The van der Waals surface area contributed by atoms with Crippen molar-refractivity contribution in [3.8, 4) is 0 Å². The third-order valence-corrected chi connectivity index (χ3v) is 3.00. The molecule has 0 aliphatic carbocycles. The molecule has 0 aromatic heterocycles. The van der Waals surface area contributed by atoms with Gasteiger partial charge in [0.1, 0.15) is 5.39 Å². The van der Waals surface area contributed by atoms with Gasteiger partial charge in [0, 0.05) is 30.3 Å². The fraction of sp³-hybridized carbons (Fsp3) is 0.167. The molecule has 1 N–H and O–H groups in total. The summed E-state index contributed by atoms with van der Waals surface area (Å²) in [5, 5.41) is 29.5. The number of fused-ring (bicyclic) bond motifs is 1. The highest BCUT2D eigenvalue weighted by molar-refractivity contribution is 6.12. The Labute approximate surface area is 113 Å². The van der Waals surface area contributed by atoms with Crippen molar-refractivity contribution in [2.45, 2.75) is 0 Å². The lowest BCUT2D eigenvalue weighted by Gasteiger charge is -2.19. The highest BCUT2D eigenvalue weighted by Crippen LogP contribution is 2.43. The lowest BCUT2D eigenvalue weighted by molar-refractivity contribution is -0.390. The number of hydrogen-bond acceptors (Lipinski definition) is 5. The molecule has 2 aromatic carbocycles. The maximum Gasteiger partial charge on any atom is 0.284 e. The second-order valence-corrected chi connectivity index (χ2v) is 3.97. The van der Waals surface area contributed by atoms with E-state index in [4.69, 9.17) is 0 Å². The van der Waals surface area contributed by atoms with E-state index in [1.807, 2.05) is 0 Å². The first-order chi connectivity index (χ1) is 9.51. The van der Waals surface area contributed by atoms with E-state index in [1.165, 1.54) is 31.3 Å². The minimum Gasteiger partial charge on any atom is -0.686 e. The Hall–Kier alpha value is -2.90. The minimum absolute atomic E-state index is 0.0186. The van der Waals surface area contributed by atoms with Crippen LogP contribution in [0.3, 0.4) is 0 Å². The Bertz CT molecular complexity index is 657. The monoisotopic (exact) mass is 275 g/mol. The van der Waals surface area contributed by atoms with Crippen molar-refractivity contribution in [3.05, 3.63) is 49.8 Å². The van der Waals surface area contributed by atoms with Gasteiger partial charge >= 0.3 is 0 Å². The Morgan fingerprint density at radius 2 is 1.55 bits per heavy atom. The van der Waals surface area contributed by atoms with E-state index in [1.54, 1.807) is 7.05 Å². The fourth-order valence-corrected chi connectivity index (χ4v) is 2.14. The van der Waals surface area contributed by atoms with Crippen molar-refractivity contribution in [1.29, 1.82) is 0 Å². The first kappa shape index (κ1) is 13.5. The van der Waals surface area contributed by atoms with Crippen molar-refractivity contribution >= 4 is 33.5 Å². The standard InChI is InChI=1S/C12H11N4O4/c1-13-7-3-5-9(15(17)18)12-10(16(19)20)6-4-8(14-2)11(7)12/h3-6,13H,1-2H3/q-1. The second-order valence-electron chi connectivity index (χ2n) is 3.97. The number of benzene rings is 2. The Morgan fingerprint density at radius 1 is 1.00 bits per heavy atom. The molecular formula is C12H11N4O4-. The lowest BCUT2D eigenvalue weighted by atomic mass is 10.0. The fourth-order valence-electron chi connectivity index (χ4n) is 2.14. The number of nitro benzene ring substituents is 2. The molecular weight excluding hydrogens is 264 g/mol. The van der Waals surface area contributed by atoms with Crippen molar-refractivity contribution in [2.24, 2.45) is 0 Å². The predicted molar refractivity (Wildman–Crippen MR) is 75.7 cm³/mol. The van der Waals surface area contributed by atoms with Gasteiger partial charge in [-0.3, -0.25) is 20.2 Å². The van der Waals surface area contributed by atoms with E-state index >= 15 is 0 Å². The van der Waals surface area contributed by atoms with Crippen molar-refractivity contribution in [3.63, 3.8) is 0 Å². The van der Waals surface area contributed by atoms with Gasteiger partial charge in [0.25, 0.3) is 11.4 Å². The SMILES string of the molecule is C[N-]c1ccc([N+](=O)[O-])c2c([N+](=O)[O-])ccc(NC)c12. The normalized spacial score (nSPS) is 10.3. The number of anilines is 1.